The molecule has 1 unspecified atom stereocenters. The fourth-order valence-corrected chi connectivity index (χ4v) is 4.12. The predicted molar refractivity (Wildman–Crippen MR) is 106 cm³/mol. The maximum atomic E-state index is 12.9. The lowest BCUT2D eigenvalue weighted by molar-refractivity contribution is -0.0973. The van der Waals surface area contributed by atoms with Gasteiger partial charge in [-0.2, -0.15) is 0 Å². The van der Waals surface area contributed by atoms with Crippen LogP contribution in [0.25, 0.3) is 10.9 Å². The molecule has 1 N–H and O–H groups in total. The summed E-state index contributed by atoms with van der Waals surface area (Å²) in [5.41, 5.74) is 2.03. The number of amides is 2. The van der Waals surface area contributed by atoms with Crippen molar-refractivity contribution < 1.29 is 14.3 Å². The third kappa shape index (κ3) is 3.96. The first-order valence-corrected chi connectivity index (χ1v) is 10.0. The third-order valence-electron chi connectivity index (χ3n) is 5.36. The van der Waals surface area contributed by atoms with Crippen LogP contribution in [-0.4, -0.2) is 47.6 Å². The monoisotopic (exact) mass is 371 g/mol. The van der Waals surface area contributed by atoms with E-state index in [0.29, 0.717) is 19.1 Å². The number of carbonyl (C=O) groups is 1. The van der Waals surface area contributed by atoms with E-state index in [0.717, 1.165) is 43.4 Å². The number of likely N-dealkylation sites (tertiary alicyclic amines) is 1. The number of rotatable bonds is 4. The van der Waals surface area contributed by atoms with Crippen LogP contribution in [0.2, 0.25) is 0 Å². The summed E-state index contributed by atoms with van der Waals surface area (Å²) in [6.45, 7) is 7.39. The van der Waals surface area contributed by atoms with Gasteiger partial charge in [0, 0.05) is 35.9 Å². The number of fused-ring (bicyclic) bond motifs is 1. The minimum Gasteiger partial charge on any atom is -0.348 e. The highest BCUT2D eigenvalue weighted by Crippen LogP contribution is 2.26. The summed E-state index contributed by atoms with van der Waals surface area (Å²) in [5, 5.41) is 4.22. The third-order valence-corrected chi connectivity index (χ3v) is 5.36. The van der Waals surface area contributed by atoms with E-state index in [1.165, 1.54) is 5.52 Å². The topological polar surface area (TPSA) is 55.7 Å². The van der Waals surface area contributed by atoms with E-state index in [2.05, 4.69) is 42.1 Å². The minimum atomic E-state index is -0.288. The van der Waals surface area contributed by atoms with Gasteiger partial charge < -0.3 is 24.3 Å². The van der Waals surface area contributed by atoms with Crippen LogP contribution in [0, 0.1) is 5.92 Å². The van der Waals surface area contributed by atoms with E-state index >= 15 is 0 Å². The van der Waals surface area contributed by atoms with Crippen LogP contribution >= 0.6 is 0 Å². The van der Waals surface area contributed by atoms with Gasteiger partial charge in [0.15, 0.2) is 6.29 Å². The van der Waals surface area contributed by atoms with Gasteiger partial charge in [-0.1, -0.05) is 13.8 Å². The van der Waals surface area contributed by atoms with Gasteiger partial charge >= 0.3 is 6.03 Å². The molecule has 2 aromatic rings. The van der Waals surface area contributed by atoms with Crippen molar-refractivity contribution in [1.82, 2.24) is 9.47 Å². The lowest BCUT2D eigenvalue weighted by Gasteiger charge is -2.37. The first-order chi connectivity index (χ1) is 13.1. The number of carbonyl (C=O) groups excluding carboxylic acids is 1. The average molecular weight is 371 g/mol. The Balaban J connectivity index is 1.48. The lowest BCUT2D eigenvalue weighted by Crippen LogP contribution is -2.51. The summed E-state index contributed by atoms with van der Waals surface area (Å²) in [5.74, 6) is 0.594. The fraction of sp³-hybridized carbons (Fsp3) is 0.571. The van der Waals surface area contributed by atoms with E-state index in [1.54, 1.807) is 0 Å². The number of benzene rings is 1. The van der Waals surface area contributed by atoms with Crippen molar-refractivity contribution in [2.75, 3.05) is 25.1 Å². The van der Waals surface area contributed by atoms with Crippen molar-refractivity contribution in [2.45, 2.75) is 52.0 Å². The zero-order valence-corrected chi connectivity index (χ0v) is 16.2. The highest BCUT2D eigenvalue weighted by molar-refractivity contribution is 5.93. The molecule has 0 saturated carbocycles. The number of nitrogens with zero attached hydrogens (tertiary/aromatic N) is 2. The zero-order chi connectivity index (χ0) is 18.8. The number of hydrogen-bond donors (Lipinski definition) is 1. The van der Waals surface area contributed by atoms with Gasteiger partial charge in [-0.15, -0.1) is 0 Å². The SMILES string of the molecule is CC(C)Cn1ccc2cc(NC(=O)N3CCCCC3C3OCCO3)ccc21. The van der Waals surface area contributed by atoms with Crippen LogP contribution in [0.3, 0.4) is 0 Å². The molecule has 2 aliphatic rings. The van der Waals surface area contributed by atoms with Gasteiger partial charge in [0.05, 0.1) is 19.3 Å². The van der Waals surface area contributed by atoms with E-state index in [9.17, 15) is 4.79 Å². The molecule has 1 aromatic heterocycles. The zero-order valence-electron chi connectivity index (χ0n) is 16.2. The molecule has 2 amide bonds. The van der Waals surface area contributed by atoms with Gasteiger partial charge in [0.1, 0.15) is 0 Å². The lowest BCUT2D eigenvalue weighted by atomic mass is 10.0. The van der Waals surface area contributed by atoms with Gasteiger partial charge in [-0.3, -0.25) is 0 Å². The standard InChI is InChI=1S/C21H29N3O3/c1-15(2)14-23-10-8-16-13-17(6-7-18(16)23)22-21(25)24-9-4-3-5-19(24)20-26-11-12-27-20/h6-8,10,13,15,19-20H,3-5,9,11-12,14H2,1-2H3,(H,22,25). The van der Waals surface area contributed by atoms with Gasteiger partial charge in [-0.05, 0) is 49.4 Å². The molecule has 6 heteroatoms. The number of piperidine rings is 1. The van der Waals surface area contributed by atoms with Crippen LogP contribution in [0.4, 0.5) is 10.5 Å². The number of nitrogens with one attached hydrogen (secondary N) is 1. The molecule has 2 fully saturated rings. The Hall–Kier alpha value is -2.05. The van der Waals surface area contributed by atoms with Crippen molar-refractivity contribution in [3.05, 3.63) is 30.5 Å². The van der Waals surface area contributed by atoms with Crippen molar-refractivity contribution in [3.8, 4) is 0 Å². The number of anilines is 1. The van der Waals surface area contributed by atoms with Crippen LogP contribution in [0.15, 0.2) is 30.5 Å². The fourth-order valence-electron chi connectivity index (χ4n) is 4.12. The maximum absolute atomic E-state index is 12.9. The van der Waals surface area contributed by atoms with E-state index in [4.69, 9.17) is 9.47 Å². The van der Waals surface area contributed by atoms with E-state index in [1.807, 2.05) is 17.0 Å². The van der Waals surface area contributed by atoms with Crippen molar-refractivity contribution in [2.24, 2.45) is 5.92 Å². The minimum absolute atomic E-state index is 0.00268. The molecule has 6 nitrogen and oxygen atoms in total. The van der Waals surface area contributed by atoms with Gasteiger partial charge in [0.2, 0.25) is 0 Å². The summed E-state index contributed by atoms with van der Waals surface area (Å²) in [6, 6.07) is 8.16. The number of urea groups is 1. The Morgan fingerprint density at radius 1 is 1.22 bits per heavy atom. The molecule has 1 aromatic carbocycles. The van der Waals surface area contributed by atoms with Gasteiger partial charge in [0.25, 0.3) is 0 Å². The number of ether oxygens (including phenoxy) is 2. The molecule has 2 aliphatic heterocycles. The Kier molecular flexibility index (Phi) is 5.36. The van der Waals surface area contributed by atoms with Crippen LogP contribution in [0.1, 0.15) is 33.1 Å². The Bertz CT molecular complexity index is 795. The highest BCUT2D eigenvalue weighted by Gasteiger charge is 2.36. The molecule has 3 heterocycles. The summed E-state index contributed by atoms with van der Waals surface area (Å²) in [6.07, 6.45) is 4.88. The first kappa shape index (κ1) is 18.3. The molecule has 146 valence electrons. The van der Waals surface area contributed by atoms with Crippen molar-refractivity contribution in [3.63, 3.8) is 0 Å². The Morgan fingerprint density at radius 2 is 2.04 bits per heavy atom. The molecule has 0 aliphatic carbocycles. The normalized spacial score (nSPS) is 21.3. The number of aromatic nitrogens is 1. The molecule has 0 bridgehead atoms. The summed E-state index contributed by atoms with van der Waals surface area (Å²) in [4.78, 5) is 14.8. The molecule has 0 spiro atoms. The highest BCUT2D eigenvalue weighted by atomic mass is 16.7. The number of hydrogen-bond acceptors (Lipinski definition) is 3. The molecule has 27 heavy (non-hydrogen) atoms. The first-order valence-electron chi connectivity index (χ1n) is 10.0. The Morgan fingerprint density at radius 3 is 2.81 bits per heavy atom. The Labute approximate surface area is 160 Å². The second kappa shape index (κ2) is 7.90. The molecular formula is C21H29N3O3. The maximum Gasteiger partial charge on any atom is 0.322 e. The smallest absolute Gasteiger partial charge is 0.322 e. The van der Waals surface area contributed by atoms with Crippen molar-refractivity contribution in [1.29, 1.82) is 0 Å². The average Bonchev–Trinajstić information content (AvgIpc) is 3.32. The van der Waals surface area contributed by atoms with E-state index in [-0.39, 0.29) is 18.4 Å². The van der Waals surface area contributed by atoms with Crippen LogP contribution < -0.4 is 5.32 Å². The summed E-state index contributed by atoms with van der Waals surface area (Å²) >= 11 is 0. The van der Waals surface area contributed by atoms with Gasteiger partial charge in [-0.25, -0.2) is 4.79 Å². The summed E-state index contributed by atoms with van der Waals surface area (Å²) < 4.78 is 13.6. The second-order valence-electron chi connectivity index (χ2n) is 7.93. The van der Waals surface area contributed by atoms with E-state index < -0.39 is 0 Å². The predicted octanol–water partition coefficient (Wildman–Crippen LogP) is 4.06. The molecule has 2 saturated heterocycles. The second-order valence-corrected chi connectivity index (χ2v) is 7.93. The quantitative estimate of drug-likeness (QED) is 0.882. The molecular weight excluding hydrogens is 342 g/mol. The molecule has 4 rings (SSSR count). The van der Waals surface area contributed by atoms with Crippen molar-refractivity contribution >= 4 is 22.6 Å². The molecule has 1 atom stereocenters. The van der Waals surface area contributed by atoms with Crippen LogP contribution in [0.5, 0.6) is 0 Å². The largest absolute Gasteiger partial charge is 0.348 e. The molecule has 0 radical (unpaired) electrons. The summed E-state index contributed by atoms with van der Waals surface area (Å²) in [7, 11) is 0. The van der Waals surface area contributed by atoms with Crippen LogP contribution in [-0.2, 0) is 16.0 Å².